The van der Waals surface area contributed by atoms with E-state index >= 15 is 0 Å². The van der Waals surface area contributed by atoms with E-state index in [1.807, 2.05) is 68.6 Å². The zero-order valence-corrected chi connectivity index (χ0v) is 20.2. The van der Waals surface area contributed by atoms with Gasteiger partial charge in [-0.3, -0.25) is 14.8 Å². The lowest BCUT2D eigenvalue weighted by molar-refractivity contribution is 0.0778. The van der Waals surface area contributed by atoms with Gasteiger partial charge >= 0.3 is 0 Å². The molecule has 1 aliphatic heterocycles. The van der Waals surface area contributed by atoms with Crippen LogP contribution in [-0.2, 0) is 6.54 Å². The van der Waals surface area contributed by atoms with Gasteiger partial charge in [-0.15, -0.1) is 0 Å². The number of anilines is 2. The highest BCUT2D eigenvalue weighted by Gasteiger charge is 2.15. The maximum atomic E-state index is 12.9. The molecule has 1 aliphatic rings. The number of fused-ring (bicyclic) bond motifs is 1. The minimum Gasteiger partial charge on any atom is -0.351 e. The topological polar surface area (TPSA) is 99.2 Å². The number of amides is 1. The van der Waals surface area contributed by atoms with Gasteiger partial charge in [0.1, 0.15) is 5.69 Å². The monoisotopic (exact) mass is 467 g/mol. The zero-order valence-electron chi connectivity index (χ0n) is 20.2. The van der Waals surface area contributed by atoms with Gasteiger partial charge in [0.2, 0.25) is 5.95 Å². The standard InChI is InChI=1S/C25H23N7O.C2H6/c1-32(16-19-6-2-4-11-26-19)24(33)23-15-17-14-18(8-9-20(17)30-23)29-25-28-13-10-22(31-25)21-7-3-5-12-27-21;1-2/h2,4,6-15,30H,3,5,16H2,1H3,(H,28,29,31);1-2H3. The summed E-state index contributed by atoms with van der Waals surface area (Å²) in [5, 5.41) is 4.17. The number of aromatic nitrogens is 4. The average molecular weight is 468 g/mol. The number of allylic oxidation sites excluding steroid dienone is 1. The molecule has 0 bridgehead atoms. The van der Waals surface area contributed by atoms with Gasteiger partial charge in [-0.05, 0) is 55.3 Å². The molecule has 0 spiro atoms. The van der Waals surface area contributed by atoms with Crippen molar-refractivity contribution in [2.75, 3.05) is 12.4 Å². The first kappa shape index (κ1) is 23.8. The van der Waals surface area contributed by atoms with Crippen LogP contribution in [0.2, 0.25) is 0 Å². The fourth-order valence-electron chi connectivity index (χ4n) is 3.71. The molecule has 8 heteroatoms. The molecule has 0 unspecified atom stereocenters. The molecule has 0 radical (unpaired) electrons. The fourth-order valence-corrected chi connectivity index (χ4v) is 3.71. The molecular weight excluding hydrogens is 438 g/mol. The summed E-state index contributed by atoms with van der Waals surface area (Å²) in [6.45, 7) is 4.44. The number of pyridine rings is 1. The van der Waals surface area contributed by atoms with Gasteiger partial charge in [-0.2, -0.15) is 0 Å². The van der Waals surface area contributed by atoms with Crippen LogP contribution in [0, 0.1) is 0 Å². The summed E-state index contributed by atoms with van der Waals surface area (Å²) in [7, 11) is 1.77. The van der Waals surface area contributed by atoms with Crippen LogP contribution in [0.1, 0.15) is 48.6 Å². The number of carbonyl (C=O) groups is 1. The van der Waals surface area contributed by atoms with E-state index in [4.69, 9.17) is 0 Å². The number of hydrogen-bond donors (Lipinski definition) is 2. The van der Waals surface area contributed by atoms with E-state index in [1.54, 1.807) is 24.3 Å². The van der Waals surface area contributed by atoms with Crippen LogP contribution in [-0.4, -0.2) is 44.0 Å². The van der Waals surface area contributed by atoms with Crippen LogP contribution < -0.4 is 5.32 Å². The lowest BCUT2D eigenvalue weighted by Crippen LogP contribution is -2.26. The highest BCUT2D eigenvalue weighted by Crippen LogP contribution is 2.24. The van der Waals surface area contributed by atoms with E-state index in [0.29, 0.717) is 18.2 Å². The minimum absolute atomic E-state index is 0.0938. The molecule has 2 N–H and O–H groups in total. The lowest BCUT2D eigenvalue weighted by Gasteiger charge is -2.15. The van der Waals surface area contributed by atoms with E-state index < -0.39 is 0 Å². The summed E-state index contributed by atoms with van der Waals surface area (Å²) in [4.78, 5) is 35.4. The van der Waals surface area contributed by atoms with Crippen molar-refractivity contribution < 1.29 is 4.79 Å². The molecule has 5 rings (SSSR count). The van der Waals surface area contributed by atoms with Crippen LogP contribution in [0.25, 0.3) is 16.6 Å². The largest absolute Gasteiger partial charge is 0.351 e. The lowest BCUT2D eigenvalue weighted by atomic mass is 10.2. The molecular formula is C27H29N7O. The van der Waals surface area contributed by atoms with Crippen molar-refractivity contribution in [3.8, 4) is 0 Å². The minimum atomic E-state index is -0.0938. The third kappa shape index (κ3) is 5.78. The number of carbonyl (C=O) groups excluding carboxylic acids is 1. The van der Waals surface area contributed by atoms with Gasteiger partial charge in [0.25, 0.3) is 5.91 Å². The van der Waals surface area contributed by atoms with E-state index in [1.165, 1.54) is 0 Å². The summed E-state index contributed by atoms with van der Waals surface area (Å²) < 4.78 is 0. The summed E-state index contributed by atoms with van der Waals surface area (Å²) in [5.41, 5.74) is 4.74. The predicted octanol–water partition coefficient (Wildman–Crippen LogP) is 5.60. The molecule has 0 saturated carbocycles. The third-order valence-corrected chi connectivity index (χ3v) is 5.36. The first-order valence-corrected chi connectivity index (χ1v) is 11.8. The molecule has 3 aromatic heterocycles. The number of aliphatic imine (C=N–C) groups is 1. The first-order chi connectivity index (χ1) is 17.2. The molecule has 1 amide bonds. The van der Waals surface area contributed by atoms with Crippen molar-refractivity contribution in [1.29, 1.82) is 0 Å². The van der Waals surface area contributed by atoms with Gasteiger partial charge < -0.3 is 15.2 Å². The van der Waals surface area contributed by atoms with Crippen molar-refractivity contribution in [2.24, 2.45) is 4.99 Å². The van der Waals surface area contributed by atoms with Crippen molar-refractivity contribution >= 4 is 40.4 Å². The maximum Gasteiger partial charge on any atom is 0.270 e. The summed E-state index contributed by atoms with van der Waals surface area (Å²) in [6.07, 6.45) is 9.37. The molecule has 0 atom stereocenters. The molecule has 0 fully saturated rings. The smallest absolute Gasteiger partial charge is 0.270 e. The van der Waals surface area contributed by atoms with Gasteiger partial charge in [-0.25, -0.2) is 9.97 Å². The molecule has 4 aromatic rings. The average Bonchev–Trinajstić information content (AvgIpc) is 3.34. The van der Waals surface area contributed by atoms with E-state index in [9.17, 15) is 4.79 Å². The molecule has 0 saturated heterocycles. The SMILES string of the molecule is CC.CN(Cc1ccccn1)C(=O)c1cc2cc(Nc3nccc(C4=CCCC=N4)n3)ccc2[nH]1. The molecule has 0 aliphatic carbocycles. The van der Waals surface area contributed by atoms with Crippen LogP contribution in [0.4, 0.5) is 11.6 Å². The van der Waals surface area contributed by atoms with Crippen LogP contribution in [0.5, 0.6) is 0 Å². The number of benzene rings is 1. The molecule has 178 valence electrons. The molecule has 1 aromatic carbocycles. The number of nitrogens with one attached hydrogen (secondary N) is 2. The number of H-pyrrole nitrogens is 1. The Morgan fingerprint density at radius 3 is 2.71 bits per heavy atom. The quantitative estimate of drug-likeness (QED) is 0.384. The zero-order chi connectivity index (χ0) is 24.6. The van der Waals surface area contributed by atoms with Gasteiger partial charge in [-0.1, -0.05) is 26.0 Å². The van der Waals surface area contributed by atoms with Crippen molar-refractivity contribution in [3.05, 3.63) is 84.1 Å². The Bertz CT molecular complexity index is 1360. The second-order valence-corrected chi connectivity index (χ2v) is 7.84. The van der Waals surface area contributed by atoms with Gasteiger partial charge in [0.05, 0.1) is 23.6 Å². The molecule has 8 nitrogen and oxygen atoms in total. The Labute approximate surface area is 204 Å². The number of nitrogens with zero attached hydrogens (tertiary/aromatic N) is 5. The number of aromatic amines is 1. The summed E-state index contributed by atoms with van der Waals surface area (Å²) >= 11 is 0. The Hall–Kier alpha value is -4.33. The van der Waals surface area contributed by atoms with E-state index in [0.717, 1.165) is 46.5 Å². The normalized spacial score (nSPS) is 12.5. The third-order valence-electron chi connectivity index (χ3n) is 5.36. The van der Waals surface area contributed by atoms with E-state index in [-0.39, 0.29) is 5.91 Å². The molecule has 35 heavy (non-hydrogen) atoms. The Morgan fingerprint density at radius 2 is 1.94 bits per heavy atom. The van der Waals surface area contributed by atoms with Gasteiger partial charge in [0.15, 0.2) is 0 Å². The second-order valence-electron chi connectivity index (χ2n) is 7.84. The Balaban J connectivity index is 0.00000141. The summed E-state index contributed by atoms with van der Waals surface area (Å²) in [5.74, 6) is 0.402. The van der Waals surface area contributed by atoms with Crippen molar-refractivity contribution in [1.82, 2.24) is 24.8 Å². The summed E-state index contributed by atoms with van der Waals surface area (Å²) in [6, 6.07) is 15.2. The molecule has 4 heterocycles. The van der Waals surface area contributed by atoms with Crippen molar-refractivity contribution in [3.63, 3.8) is 0 Å². The highest BCUT2D eigenvalue weighted by atomic mass is 16.2. The number of rotatable bonds is 6. The van der Waals surface area contributed by atoms with Crippen molar-refractivity contribution in [2.45, 2.75) is 33.2 Å². The fraction of sp³-hybridized carbons (Fsp3) is 0.222. The first-order valence-electron chi connectivity index (χ1n) is 11.8. The Morgan fingerprint density at radius 1 is 1.06 bits per heavy atom. The van der Waals surface area contributed by atoms with Crippen LogP contribution in [0.15, 0.2) is 72.0 Å². The number of hydrogen-bond acceptors (Lipinski definition) is 6. The second kappa shape index (κ2) is 11.2. The maximum absolute atomic E-state index is 12.9. The van der Waals surface area contributed by atoms with Gasteiger partial charge in [0, 0.05) is 42.2 Å². The highest BCUT2D eigenvalue weighted by molar-refractivity contribution is 5.98. The van der Waals surface area contributed by atoms with Crippen LogP contribution >= 0.6 is 0 Å². The van der Waals surface area contributed by atoms with Crippen LogP contribution in [0.3, 0.4) is 0 Å². The predicted molar refractivity (Wildman–Crippen MR) is 141 cm³/mol. The van der Waals surface area contributed by atoms with E-state index in [2.05, 4.69) is 36.3 Å². The Kier molecular flexibility index (Phi) is 7.62.